The molecule has 3 nitrogen and oxygen atoms in total. The number of nitrogens with one attached hydrogen (secondary N) is 1. The van der Waals surface area contributed by atoms with Crippen LogP contribution in [-0.4, -0.2) is 16.0 Å². The summed E-state index contributed by atoms with van der Waals surface area (Å²) in [4.78, 5) is 12.2. The molecule has 0 bridgehead atoms. The number of rotatable bonds is 4. The van der Waals surface area contributed by atoms with Gasteiger partial charge in [-0.3, -0.25) is 0 Å². The minimum Gasteiger partial charge on any atom is -0.367 e. The van der Waals surface area contributed by atoms with E-state index in [4.69, 9.17) is 11.6 Å². The van der Waals surface area contributed by atoms with Crippen LogP contribution in [0.25, 0.3) is 10.2 Å². The average Bonchev–Trinajstić information content (AvgIpc) is 2.98. The van der Waals surface area contributed by atoms with Gasteiger partial charge in [-0.2, -0.15) is 0 Å². The monoisotopic (exact) mass is 323 g/mol. The Bertz CT molecular complexity index is 735. The summed E-state index contributed by atoms with van der Waals surface area (Å²) >= 11 is 9.39. The molecule has 6 heteroatoms. The zero-order chi connectivity index (χ0) is 14.1. The molecule has 104 valence electrons. The molecule has 1 atom stereocenters. The molecule has 3 aromatic heterocycles. The third-order valence-corrected chi connectivity index (χ3v) is 4.98. The van der Waals surface area contributed by atoms with Crippen molar-refractivity contribution in [3.8, 4) is 0 Å². The SMILES string of the molecule is Cc1ccc(CC(C)Nc2nc(Cl)nc3sccc23)s1. The van der Waals surface area contributed by atoms with E-state index in [-0.39, 0.29) is 0 Å². The van der Waals surface area contributed by atoms with Crippen molar-refractivity contribution in [1.29, 1.82) is 0 Å². The first kappa shape index (κ1) is 13.8. The van der Waals surface area contributed by atoms with Crippen LogP contribution in [-0.2, 0) is 6.42 Å². The number of anilines is 1. The van der Waals surface area contributed by atoms with Crippen LogP contribution in [0.3, 0.4) is 0 Å². The number of hydrogen-bond donors (Lipinski definition) is 1. The van der Waals surface area contributed by atoms with Crippen molar-refractivity contribution in [3.63, 3.8) is 0 Å². The number of hydrogen-bond acceptors (Lipinski definition) is 5. The molecule has 0 radical (unpaired) electrons. The molecule has 0 aliphatic rings. The third-order valence-electron chi connectivity index (χ3n) is 2.98. The van der Waals surface area contributed by atoms with Crippen LogP contribution in [0.4, 0.5) is 5.82 Å². The van der Waals surface area contributed by atoms with E-state index in [9.17, 15) is 0 Å². The zero-order valence-corrected chi connectivity index (χ0v) is 13.6. The molecule has 0 spiro atoms. The Morgan fingerprint density at radius 3 is 2.90 bits per heavy atom. The molecule has 1 unspecified atom stereocenters. The smallest absolute Gasteiger partial charge is 0.225 e. The average molecular weight is 324 g/mol. The number of thiophene rings is 2. The van der Waals surface area contributed by atoms with Crippen LogP contribution in [0.2, 0.25) is 5.28 Å². The summed E-state index contributed by atoms with van der Waals surface area (Å²) in [5.41, 5.74) is 0. The van der Waals surface area contributed by atoms with Crippen molar-refractivity contribution >= 4 is 50.3 Å². The van der Waals surface area contributed by atoms with E-state index in [2.05, 4.69) is 41.3 Å². The summed E-state index contributed by atoms with van der Waals surface area (Å²) in [5, 5.41) is 6.78. The highest BCUT2D eigenvalue weighted by atomic mass is 35.5. The third kappa shape index (κ3) is 2.95. The Labute approximate surface area is 130 Å². The summed E-state index contributed by atoms with van der Waals surface area (Å²) in [6.07, 6.45) is 0.978. The molecule has 3 heterocycles. The Balaban J connectivity index is 1.80. The van der Waals surface area contributed by atoms with Crippen LogP contribution in [0.15, 0.2) is 23.6 Å². The summed E-state index contributed by atoms with van der Waals surface area (Å²) < 4.78 is 0. The van der Waals surface area contributed by atoms with Crippen LogP contribution in [0.1, 0.15) is 16.7 Å². The predicted octanol–water partition coefficient (Wildman–Crippen LogP) is 4.76. The summed E-state index contributed by atoms with van der Waals surface area (Å²) in [5.74, 6) is 0.821. The highest BCUT2D eigenvalue weighted by Crippen LogP contribution is 2.27. The minimum absolute atomic E-state index is 0.293. The van der Waals surface area contributed by atoms with Gasteiger partial charge in [0.15, 0.2) is 0 Å². The molecule has 0 saturated heterocycles. The van der Waals surface area contributed by atoms with Crippen LogP contribution >= 0.6 is 34.3 Å². The first-order valence-corrected chi connectivity index (χ1v) is 8.42. The molecule has 0 aromatic carbocycles. The van der Waals surface area contributed by atoms with Gasteiger partial charge in [0.05, 0.1) is 5.39 Å². The summed E-state index contributed by atoms with van der Waals surface area (Å²) in [6.45, 7) is 4.29. The minimum atomic E-state index is 0.293. The summed E-state index contributed by atoms with van der Waals surface area (Å²) in [7, 11) is 0. The van der Waals surface area contributed by atoms with Gasteiger partial charge < -0.3 is 5.32 Å². The molecule has 0 aliphatic carbocycles. The molecule has 3 rings (SSSR count). The second-order valence-corrected chi connectivity index (χ2v) is 7.35. The molecule has 3 aromatic rings. The fourth-order valence-electron chi connectivity index (χ4n) is 2.12. The predicted molar refractivity (Wildman–Crippen MR) is 88.3 cm³/mol. The highest BCUT2D eigenvalue weighted by Gasteiger charge is 2.11. The fraction of sp³-hybridized carbons (Fsp3) is 0.286. The molecule has 0 saturated carbocycles. The topological polar surface area (TPSA) is 37.8 Å². The van der Waals surface area contributed by atoms with Crippen molar-refractivity contribution in [2.24, 2.45) is 0 Å². The Kier molecular flexibility index (Phi) is 3.92. The van der Waals surface area contributed by atoms with E-state index in [0.717, 1.165) is 22.5 Å². The van der Waals surface area contributed by atoms with Gasteiger partial charge in [-0.1, -0.05) is 0 Å². The summed E-state index contributed by atoms with van der Waals surface area (Å²) in [6, 6.07) is 6.67. The van der Waals surface area contributed by atoms with Gasteiger partial charge in [-0.25, -0.2) is 9.97 Å². The van der Waals surface area contributed by atoms with Crippen molar-refractivity contribution in [2.75, 3.05) is 5.32 Å². The van der Waals surface area contributed by atoms with Crippen molar-refractivity contribution < 1.29 is 0 Å². The van der Waals surface area contributed by atoms with Gasteiger partial charge in [0.25, 0.3) is 0 Å². The van der Waals surface area contributed by atoms with Gasteiger partial charge in [0.1, 0.15) is 10.6 Å². The van der Waals surface area contributed by atoms with Gasteiger partial charge in [0, 0.05) is 22.2 Å². The van der Waals surface area contributed by atoms with E-state index in [1.165, 1.54) is 9.75 Å². The molecule has 0 amide bonds. The number of halogens is 1. The Hall–Kier alpha value is -1.17. The van der Waals surface area contributed by atoms with E-state index in [0.29, 0.717) is 11.3 Å². The Morgan fingerprint density at radius 1 is 1.30 bits per heavy atom. The van der Waals surface area contributed by atoms with Gasteiger partial charge >= 0.3 is 0 Å². The second kappa shape index (κ2) is 5.68. The quantitative estimate of drug-likeness (QED) is 0.703. The molecule has 0 aliphatic heterocycles. The second-order valence-electron chi connectivity index (χ2n) is 4.74. The van der Waals surface area contributed by atoms with Crippen LogP contribution in [0.5, 0.6) is 0 Å². The van der Waals surface area contributed by atoms with Crippen LogP contribution in [0, 0.1) is 6.92 Å². The maximum absolute atomic E-state index is 5.97. The number of aromatic nitrogens is 2. The zero-order valence-electron chi connectivity index (χ0n) is 11.2. The van der Waals surface area contributed by atoms with Gasteiger partial charge in [0.2, 0.25) is 5.28 Å². The van der Waals surface area contributed by atoms with E-state index < -0.39 is 0 Å². The van der Waals surface area contributed by atoms with E-state index in [1.54, 1.807) is 11.3 Å². The normalized spacial score (nSPS) is 12.8. The molecule has 0 fully saturated rings. The number of fused-ring (bicyclic) bond motifs is 1. The lowest BCUT2D eigenvalue weighted by Crippen LogP contribution is -2.18. The lowest BCUT2D eigenvalue weighted by atomic mass is 10.2. The largest absolute Gasteiger partial charge is 0.367 e. The lowest BCUT2D eigenvalue weighted by Gasteiger charge is -2.14. The van der Waals surface area contributed by atoms with E-state index in [1.807, 2.05) is 22.8 Å². The van der Waals surface area contributed by atoms with Crippen molar-refractivity contribution in [1.82, 2.24) is 9.97 Å². The molecular formula is C14H14ClN3S2. The van der Waals surface area contributed by atoms with Crippen molar-refractivity contribution in [3.05, 3.63) is 38.6 Å². The maximum atomic E-state index is 5.97. The molecule has 20 heavy (non-hydrogen) atoms. The first-order chi connectivity index (χ1) is 9.61. The number of aryl methyl sites for hydroxylation is 1. The van der Waals surface area contributed by atoms with Gasteiger partial charge in [-0.05, 0) is 49.0 Å². The lowest BCUT2D eigenvalue weighted by molar-refractivity contribution is 0.796. The highest BCUT2D eigenvalue weighted by molar-refractivity contribution is 7.16. The fourth-order valence-corrected chi connectivity index (χ4v) is 4.12. The standard InChI is InChI=1S/C14H14ClN3S2/c1-8(7-10-4-3-9(2)20-10)16-12-11-5-6-19-13(11)18-14(15)17-12/h3-6,8H,7H2,1-2H3,(H,16,17,18). The number of nitrogens with zero attached hydrogens (tertiary/aromatic N) is 2. The van der Waals surface area contributed by atoms with Crippen molar-refractivity contribution in [2.45, 2.75) is 26.3 Å². The molecule has 1 N–H and O–H groups in total. The Morgan fingerprint density at radius 2 is 2.15 bits per heavy atom. The van der Waals surface area contributed by atoms with Crippen LogP contribution < -0.4 is 5.32 Å². The van der Waals surface area contributed by atoms with Gasteiger partial charge in [-0.15, -0.1) is 22.7 Å². The maximum Gasteiger partial charge on any atom is 0.225 e. The van der Waals surface area contributed by atoms with E-state index >= 15 is 0 Å². The molecular weight excluding hydrogens is 310 g/mol. The first-order valence-electron chi connectivity index (χ1n) is 6.34.